The summed E-state index contributed by atoms with van der Waals surface area (Å²) >= 11 is 0. The molecule has 2 aromatic carbocycles. The summed E-state index contributed by atoms with van der Waals surface area (Å²) in [5.74, 6) is -0.869. The predicted molar refractivity (Wildman–Crippen MR) is 81.9 cm³/mol. The van der Waals surface area contributed by atoms with E-state index in [1.165, 1.54) is 6.07 Å². The molecule has 1 aliphatic heterocycles. The van der Waals surface area contributed by atoms with Crippen molar-refractivity contribution in [1.29, 1.82) is 0 Å². The summed E-state index contributed by atoms with van der Waals surface area (Å²) in [5.41, 5.74) is 2.24. The average Bonchev–Trinajstić information content (AvgIpc) is 2.83. The van der Waals surface area contributed by atoms with Crippen molar-refractivity contribution < 1.29 is 19.8 Å². The van der Waals surface area contributed by atoms with Crippen LogP contribution in [0.15, 0.2) is 48.0 Å². The molecule has 0 aromatic heterocycles. The summed E-state index contributed by atoms with van der Waals surface area (Å²) in [6.07, 6.45) is 0. The number of carbonyl (C=O) groups is 2. The predicted octanol–water partition coefficient (Wildman–Crippen LogP) is 2.06. The third-order valence-corrected chi connectivity index (χ3v) is 4.11. The number of rotatable bonds is 1. The number of phenols is 2. The molecule has 0 bridgehead atoms. The molecule has 1 aliphatic carbocycles. The van der Waals surface area contributed by atoms with Gasteiger partial charge in [0.25, 0.3) is 0 Å². The van der Waals surface area contributed by atoms with E-state index < -0.39 is 12.1 Å². The number of ketones is 1. The average molecular weight is 308 g/mol. The van der Waals surface area contributed by atoms with Crippen LogP contribution < -0.4 is 10.6 Å². The van der Waals surface area contributed by atoms with Crippen molar-refractivity contribution in [3.05, 3.63) is 64.7 Å². The Bertz CT molecular complexity index is 901. The normalized spacial score (nSPS) is 19.0. The smallest absolute Gasteiger partial charge is 0.320 e. The van der Waals surface area contributed by atoms with E-state index in [1.807, 2.05) is 0 Å². The molecule has 6 heteroatoms. The Kier molecular flexibility index (Phi) is 2.68. The zero-order valence-electron chi connectivity index (χ0n) is 11.8. The van der Waals surface area contributed by atoms with E-state index >= 15 is 0 Å². The number of benzene rings is 2. The number of aromatic hydroxyl groups is 2. The number of hydrogen-bond acceptors (Lipinski definition) is 4. The van der Waals surface area contributed by atoms with Gasteiger partial charge < -0.3 is 20.8 Å². The van der Waals surface area contributed by atoms with Crippen molar-refractivity contribution >= 4 is 17.5 Å². The lowest BCUT2D eigenvalue weighted by atomic mass is 9.93. The van der Waals surface area contributed by atoms with E-state index in [1.54, 1.807) is 36.4 Å². The van der Waals surface area contributed by atoms with Gasteiger partial charge in [0.05, 0.1) is 17.3 Å². The number of fused-ring (bicyclic) bond motifs is 2. The molecular weight excluding hydrogens is 296 g/mol. The van der Waals surface area contributed by atoms with E-state index in [2.05, 4.69) is 10.6 Å². The fraction of sp³-hybridized carbons (Fsp3) is 0.0588. The molecule has 0 saturated heterocycles. The number of carbonyl (C=O) groups excluding carboxylic acids is 2. The second-order valence-electron chi connectivity index (χ2n) is 5.41. The SMILES string of the molecule is O=C1NC2=C(C(=O)c3ccccc32)C(c2cccc(O)c2O)N1. The highest BCUT2D eigenvalue weighted by atomic mass is 16.3. The second kappa shape index (κ2) is 4.61. The number of nitrogens with one attached hydrogen (secondary N) is 2. The number of amides is 2. The maximum absolute atomic E-state index is 12.7. The van der Waals surface area contributed by atoms with Crippen LogP contribution in [0.2, 0.25) is 0 Å². The molecule has 2 aromatic rings. The molecule has 2 amide bonds. The minimum Gasteiger partial charge on any atom is -0.504 e. The largest absolute Gasteiger partial charge is 0.504 e. The van der Waals surface area contributed by atoms with Crippen LogP contribution in [-0.4, -0.2) is 22.0 Å². The Hall–Kier alpha value is -3.28. The van der Waals surface area contributed by atoms with Crippen molar-refractivity contribution in [1.82, 2.24) is 10.6 Å². The van der Waals surface area contributed by atoms with Crippen LogP contribution >= 0.6 is 0 Å². The molecule has 2 aliphatic rings. The molecule has 4 rings (SSSR count). The lowest BCUT2D eigenvalue weighted by Crippen LogP contribution is -2.43. The highest BCUT2D eigenvalue weighted by Gasteiger charge is 2.40. The summed E-state index contributed by atoms with van der Waals surface area (Å²) < 4.78 is 0. The van der Waals surface area contributed by atoms with Gasteiger partial charge in [-0.3, -0.25) is 4.79 Å². The number of Topliss-reactive ketones (excluding diaryl/α,β-unsaturated/α-hetero) is 1. The van der Waals surface area contributed by atoms with E-state index in [0.29, 0.717) is 22.4 Å². The zero-order valence-corrected chi connectivity index (χ0v) is 11.8. The van der Waals surface area contributed by atoms with Crippen LogP contribution in [0.3, 0.4) is 0 Å². The quantitative estimate of drug-likeness (QED) is 0.606. The van der Waals surface area contributed by atoms with Gasteiger partial charge in [-0.1, -0.05) is 36.4 Å². The molecule has 0 radical (unpaired) electrons. The van der Waals surface area contributed by atoms with Gasteiger partial charge in [-0.15, -0.1) is 0 Å². The minimum atomic E-state index is -0.828. The van der Waals surface area contributed by atoms with Gasteiger partial charge in [0.15, 0.2) is 17.3 Å². The summed E-state index contributed by atoms with van der Waals surface area (Å²) in [7, 11) is 0. The summed E-state index contributed by atoms with van der Waals surface area (Å²) in [6, 6.07) is 10.1. The van der Waals surface area contributed by atoms with Gasteiger partial charge in [0.2, 0.25) is 0 Å². The molecule has 0 saturated carbocycles. The van der Waals surface area contributed by atoms with E-state index in [-0.39, 0.29) is 22.8 Å². The van der Waals surface area contributed by atoms with E-state index in [9.17, 15) is 19.8 Å². The summed E-state index contributed by atoms with van der Waals surface area (Å²) in [5, 5.41) is 25.1. The van der Waals surface area contributed by atoms with Gasteiger partial charge in [-0.25, -0.2) is 4.79 Å². The Morgan fingerprint density at radius 1 is 0.913 bits per heavy atom. The highest BCUT2D eigenvalue weighted by molar-refractivity contribution is 6.23. The van der Waals surface area contributed by atoms with Crippen LogP contribution in [0.5, 0.6) is 11.5 Å². The standard InChI is InChI=1S/C17H12N2O4/c20-11-7-3-6-10(15(11)21)14-12-13(18-17(23)19-14)8-4-1-2-5-9(8)16(12)22/h1-7,14,20-21H,(H2,18,19,23). The molecule has 1 unspecified atom stereocenters. The third-order valence-electron chi connectivity index (χ3n) is 4.11. The Morgan fingerprint density at radius 3 is 2.43 bits per heavy atom. The summed E-state index contributed by atoms with van der Waals surface area (Å²) in [6.45, 7) is 0. The van der Waals surface area contributed by atoms with E-state index in [4.69, 9.17) is 0 Å². The Morgan fingerprint density at radius 2 is 1.65 bits per heavy atom. The van der Waals surface area contributed by atoms with E-state index in [0.717, 1.165) is 0 Å². The van der Waals surface area contributed by atoms with Gasteiger partial charge in [-0.2, -0.15) is 0 Å². The van der Waals surface area contributed by atoms with Crippen molar-refractivity contribution in [3.8, 4) is 11.5 Å². The van der Waals surface area contributed by atoms with Crippen LogP contribution in [0.4, 0.5) is 4.79 Å². The first kappa shape index (κ1) is 13.4. The Balaban J connectivity index is 1.93. The Labute approximate surface area is 131 Å². The zero-order chi connectivity index (χ0) is 16.1. The maximum atomic E-state index is 12.7. The molecule has 1 atom stereocenters. The maximum Gasteiger partial charge on any atom is 0.320 e. The van der Waals surface area contributed by atoms with Gasteiger partial charge >= 0.3 is 6.03 Å². The molecule has 1 heterocycles. The summed E-state index contributed by atoms with van der Waals surface area (Å²) in [4.78, 5) is 24.7. The molecule has 6 nitrogen and oxygen atoms in total. The number of hydrogen-bond donors (Lipinski definition) is 4. The second-order valence-corrected chi connectivity index (χ2v) is 5.41. The van der Waals surface area contributed by atoms with Gasteiger partial charge in [0, 0.05) is 16.7 Å². The van der Waals surface area contributed by atoms with Gasteiger partial charge in [0.1, 0.15) is 0 Å². The molecular formula is C17H12N2O4. The molecule has 23 heavy (non-hydrogen) atoms. The van der Waals surface area contributed by atoms with Crippen LogP contribution in [0.25, 0.3) is 5.70 Å². The topological polar surface area (TPSA) is 98.7 Å². The number of urea groups is 1. The first-order valence-corrected chi connectivity index (χ1v) is 7.04. The van der Waals surface area contributed by atoms with Crippen LogP contribution in [0.1, 0.15) is 27.5 Å². The fourth-order valence-electron chi connectivity index (χ4n) is 3.08. The first-order chi connectivity index (χ1) is 11.1. The lowest BCUT2D eigenvalue weighted by Gasteiger charge is -2.27. The van der Waals surface area contributed by atoms with Crippen molar-refractivity contribution in [2.45, 2.75) is 6.04 Å². The first-order valence-electron chi connectivity index (χ1n) is 7.04. The van der Waals surface area contributed by atoms with Gasteiger partial charge in [-0.05, 0) is 6.07 Å². The molecule has 114 valence electrons. The minimum absolute atomic E-state index is 0.212. The number of phenolic OH excluding ortho intramolecular Hbond substituents is 2. The molecule has 0 fully saturated rings. The van der Waals surface area contributed by atoms with Crippen molar-refractivity contribution in [2.24, 2.45) is 0 Å². The monoisotopic (exact) mass is 308 g/mol. The van der Waals surface area contributed by atoms with Crippen molar-refractivity contribution in [2.75, 3.05) is 0 Å². The van der Waals surface area contributed by atoms with Crippen LogP contribution in [0, 0.1) is 0 Å². The van der Waals surface area contributed by atoms with Crippen LogP contribution in [-0.2, 0) is 0 Å². The third kappa shape index (κ3) is 1.81. The van der Waals surface area contributed by atoms with Crippen molar-refractivity contribution in [3.63, 3.8) is 0 Å². The number of para-hydroxylation sites is 1. The molecule has 4 N–H and O–H groups in total. The molecule has 0 spiro atoms. The highest BCUT2D eigenvalue weighted by Crippen LogP contribution is 2.43. The fourth-order valence-corrected chi connectivity index (χ4v) is 3.08. The lowest BCUT2D eigenvalue weighted by molar-refractivity contribution is 0.103.